The summed E-state index contributed by atoms with van der Waals surface area (Å²) in [4.78, 5) is 2.11. The molecule has 1 fully saturated rings. The molecule has 1 aromatic rings. The highest BCUT2D eigenvalue weighted by Crippen LogP contribution is 2.28. The number of aryl methyl sites for hydroxylation is 1. The van der Waals surface area contributed by atoms with Gasteiger partial charge in [0.05, 0.1) is 6.20 Å². The number of aromatic nitrogens is 2. The first kappa shape index (κ1) is 11.4. The van der Waals surface area contributed by atoms with Crippen LogP contribution >= 0.6 is 0 Å². The molecule has 2 rings (SSSR count). The van der Waals surface area contributed by atoms with Gasteiger partial charge >= 0.3 is 0 Å². The molecule has 0 spiro atoms. The number of hydrogen-bond donors (Lipinski definition) is 0. The molecule has 4 heteroatoms. The molecule has 1 saturated heterocycles. The smallest absolute Gasteiger partial charge is 0.255 e. The molecule has 0 N–H and O–H groups in total. The molecular formula is C12H20FN3. The summed E-state index contributed by atoms with van der Waals surface area (Å²) in [5.74, 6) is 1.18. The molecule has 90 valence electrons. The van der Waals surface area contributed by atoms with Crippen LogP contribution in [0.4, 0.5) is 10.1 Å². The molecule has 0 unspecified atom stereocenters. The van der Waals surface area contributed by atoms with Crippen LogP contribution in [0, 0.1) is 17.8 Å². The molecule has 0 amide bonds. The fourth-order valence-electron chi connectivity index (χ4n) is 2.47. The highest BCUT2D eigenvalue weighted by molar-refractivity contribution is 5.44. The van der Waals surface area contributed by atoms with Crippen LogP contribution < -0.4 is 4.90 Å². The van der Waals surface area contributed by atoms with Gasteiger partial charge in [-0.2, -0.15) is 4.39 Å². The highest BCUT2D eigenvalue weighted by atomic mass is 19.1. The Morgan fingerprint density at radius 1 is 1.38 bits per heavy atom. The van der Waals surface area contributed by atoms with E-state index in [0.717, 1.165) is 37.8 Å². The molecule has 0 aromatic carbocycles. The maximum absolute atomic E-state index is 13.5. The number of halogens is 1. The van der Waals surface area contributed by atoms with Gasteiger partial charge in [0.2, 0.25) is 0 Å². The van der Waals surface area contributed by atoms with Gasteiger partial charge in [0.1, 0.15) is 5.69 Å². The first-order valence-corrected chi connectivity index (χ1v) is 6.02. The zero-order chi connectivity index (χ0) is 11.7. The summed E-state index contributed by atoms with van der Waals surface area (Å²) < 4.78 is 15.0. The molecule has 0 saturated carbocycles. The minimum atomic E-state index is -0.342. The van der Waals surface area contributed by atoms with E-state index in [1.807, 2.05) is 0 Å². The molecule has 0 atom stereocenters. The Labute approximate surface area is 96.2 Å². The molecule has 0 radical (unpaired) electrons. The van der Waals surface area contributed by atoms with Crippen molar-refractivity contribution in [2.75, 3.05) is 18.0 Å². The number of piperidine rings is 1. The van der Waals surface area contributed by atoms with Crippen molar-refractivity contribution in [2.45, 2.75) is 26.7 Å². The Balaban J connectivity index is 2.01. The number of rotatable bonds is 2. The third-order valence-corrected chi connectivity index (χ3v) is 3.59. The van der Waals surface area contributed by atoms with Crippen LogP contribution in [0.1, 0.15) is 26.7 Å². The van der Waals surface area contributed by atoms with Crippen LogP contribution in [0.25, 0.3) is 0 Å². The van der Waals surface area contributed by atoms with Crippen LogP contribution in [-0.2, 0) is 7.05 Å². The fourth-order valence-corrected chi connectivity index (χ4v) is 2.47. The zero-order valence-corrected chi connectivity index (χ0v) is 10.3. The minimum absolute atomic E-state index is 0.342. The van der Waals surface area contributed by atoms with Crippen molar-refractivity contribution in [2.24, 2.45) is 18.9 Å². The second-order valence-corrected chi connectivity index (χ2v) is 5.05. The van der Waals surface area contributed by atoms with E-state index in [1.165, 1.54) is 0 Å². The Morgan fingerprint density at radius 3 is 2.44 bits per heavy atom. The molecule has 1 aromatic heterocycles. The fraction of sp³-hybridized carbons (Fsp3) is 0.750. The van der Waals surface area contributed by atoms with Gasteiger partial charge in [-0.25, -0.2) is 0 Å². The van der Waals surface area contributed by atoms with E-state index in [4.69, 9.17) is 0 Å². The maximum atomic E-state index is 13.5. The van der Waals surface area contributed by atoms with E-state index in [9.17, 15) is 4.39 Å². The van der Waals surface area contributed by atoms with Gasteiger partial charge in [0.15, 0.2) is 0 Å². The Morgan fingerprint density at radius 2 is 2.00 bits per heavy atom. The number of hydrogen-bond acceptors (Lipinski definition) is 2. The maximum Gasteiger partial charge on any atom is 0.255 e. The van der Waals surface area contributed by atoms with Gasteiger partial charge in [-0.05, 0) is 24.7 Å². The Bertz CT molecular complexity index is 351. The first-order valence-electron chi connectivity index (χ1n) is 6.02. The third-order valence-electron chi connectivity index (χ3n) is 3.59. The normalized spacial score (nSPS) is 18.4. The van der Waals surface area contributed by atoms with Gasteiger partial charge in [0.25, 0.3) is 5.95 Å². The Kier molecular flexibility index (Phi) is 3.17. The van der Waals surface area contributed by atoms with E-state index in [-0.39, 0.29) is 5.95 Å². The molecular weight excluding hydrogens is 205 g/mol. The molecule has 0 aliphatic carbocycles. The van der Waals surface area contributed by atoms with Crippen molar-refractivity contribution in [3.8, 4) is 0 Å². The third kappa shape index (κ3) is 2.20. The van der Waals surface area contributed by atoms with Crippen LogP contribution in [-0.4, -0.2) is 22.9 Å². The lowest BCUT2D eigenvalue weighted by atomic mass is 9.87. The van der Waals surface area contributed by atoms with Crippen LogP contribution in [0.15, 0.2) is 6.20 Å². The molecule has 1 aliphatic rings. The highest BCUT2D eigenvalue weighted by Gasteiger charge is 2.24. The molecule has 2 heterocycles. The van der Waals surface area contributed by atoms with Crippen molar-refractivity contribution in [3.05, 3.63) is 12.1 Å². The van der Waals surface area contributed by atoms with Crippen molar-refractivity contribution in [1.82, 2.24) is 9.78 Å². The monoisotopic (exact) mass is 225 g/mol. The van der Waals surface area contributed by atoms with Crippen molar-refractivity contribution < 1.29 is 4.39 Å². The van der Waals surface area contributed by atoms with Crippen molar-refractivity contribution >= 4 is 5.69 Å². The summed E-state index contributed by atoms with van der Waals surface area (Å²) in [5.41, 5.74) is 0.657. The average molecular weight is 225 g/mol. The van der Waals surface area contributed by atoms with Crippen LogP contribution in [0.2, 0.25) is 0 Å². The van der Waals surface area contributed by atoms with E-state index in [0.29, 0.717) is 5.69 Å². The van der Waals surface area contributed by atoms with Gasteiger partial charge < -0.3 is 4.90 Å². The van der Waals surface area contributed by atoms with Gasteiger partial charge in [-0.1, -0.05) is 13.8 Å². The SMILES string of the molecule is CC(C)C1CCN(c2cn(C)nc2F)CC1. The van der Waals surface area contributed by atoms with Crippen LogP contribution in [0.3, 0.4) is 0 Å². The van der Waals surface area contributed by atoms with E-state index in [1.54, 1.807) is 17.9 Å². The molecule has 0 bridgehead atoms. The lowest BCUT2D eigenvalue weighted by molar-refractivity contribution is 0.310. The molecule has 16 heavy (non-hydrogen) atoms. The van der Waals surface area contributed by atoms with Crippen LogP contribution in [0.5, 0.6) is 0 Å². The average Bonchev–Trinajstić information content (AvgIpc) is 2.58. The minimum Gasteiger partial charge on any atom is -0.367 e. The zero-order valence-electron chi connectivity index (χ0n) is 10.3. The van der Waals surface area contributed by atoms with Gasteiger partial charge in [0, 0.05) is 20.1 Å². The summed E-state index contributed by atoms with van der Waals surface area (Å²) >= 11 is 0. The quantitative estimate of drug-likeness (QED) is 0.770. The van der Waals surface area contributed by atoms with Gasteiger partial charge in [-0.3, -0.25) is 4.68 Å². The molecule has 1 aliphatic heterocycles. The largest absolute Gasteiger partial charge is 0.367 e. The van der Waals surface area contributed by atoms with Crippen molar-refractivity contribution in [1.29, 1.82) is 0 Å². The number of nitrogens with zero attached hydrogens (tertiary/aromatic N) is 3. The Hall–Kier alpha value is -1.06. The molecule has 3 nitrogen and oxygen atoms in total. The lowest BCUT2D eigenvalue weighted by Crippen LogP contribution is -2.35. The summed E-state index contributed by atoms with van der Waals surface area (Å²) in [5, 5.41) is 3.75. The first-order chi connectivity index (χ1) is 7.58. The summed E-state index contributed by atoms with van der Waals surface area (Å²) in [7, 11) is 1.76. The predicted octanol–water partition coefficient (Wildman–Crippen LogP) is 2.43. The van der Waals surface area contributed by atoms with E-state index < -0.39 is 0 Å². The van der Waals surface area contributed by atoms with Crippen molar-refractivity contribution in [3.63, 3.8) is 0 Å². The second kappa shape index (κ2) is 4.44. The predicted molar refractivity (Wildman–Crippen MR) is 62.9 cm³/mol. The topological polar surface area (TPSA) is 21.1 Å². The van der Waals surface area contributed by atoms with E-state index in [2.05, 4.69) is 23.8 Å². The number of anilines is 1. The summed E-state index contributed by atoms with van der Waals surface area (Å²) in [6.45, 7) is 6.44. The lowest BCUT2D eigenvalue weighted by Gasteiger charge is -2.34. The van der Waals surface area contributed by atoms with E-state index >= 15 is 0 Å². The summed E-state index contributed by atoms with van der Waals surface area (Å²) in [6.07, 6.45) is 4.09. The van der Waals surface area contributed by atoms with Gasteiger partial charge in [-0.15, -0.1) is 5.10 Å². The standard InChI is InChI=1S/C12H20FN3/c1-9(2)10-4-6-16(7-5-10)11-8-15(3)14-12(11)13/h8-10H,4-7H2,1-3H3. The second-order valence-electron chi connectivity index (χ2n) is 5.05. The summed E-state index contributed by atoms with van der Waals surface area (Å²) in [6, 6.07) is 0.